The van der Waals surface area contributed by atoms with E-state index in [0.29, 0.717) is 23.6 Å². The van der Waals surface area contributed by atoms with E-state index in [4.69, 9.17) is 9.47 Å². The zero-order valence-electron chi connectivity index (χ0n) is 10.8. The number of ether oxygens (including phenoxy) is 2. The van der Waals surface area contributed by atoms with Crippen LogP contribution in [-0.2, 0) is 6.54 Å². The van der Waals surface area contributed by atoms with E-state index in [0.717, 1.165) is 5.69 Å². The monoisotopic (exact) mass is 261 g/mol. The average molecular weight is 261 g/mol. The van der Waals surface area contributed by atoms with Crippen molar-refractivity contribution in [2.75, 3.05) is 14.2 Å². The number of carbonyl (C=O) groups excluding carboxylic acids is 1. The van der Waals surface area contributed by atoms with Gasteiger partial charge in [0, 0.05) is 12.3 Å². The number of nitrogens with zero attached hydrogens (tertiary/aromatic N) is 1. The molecule has 100 valence electrons. The summed E-state index contributed by atoms with van der Waals surface area (Å²) < 4.78 is 10.3. The van der Waals surface area contributed by atoms with Crippen molar-refractivity contribution in [2.24, 2.45) is 0 Å². The first-order chi connectivity index (χ1) is 9.24. The fourth-order valence-corrected chi connectivity index (χ4v) is 1.64. The van der Waals surface area contributed by atoms with Crippen molar-refractivity contribution >= 4 is 5.91 Å². The van der Waals surface area contributed by atoms with Crippen LogP contribution in [0.25, 0.3) is 0 Å². The van der Waals surface area contributed by atoms with Gasteiger partial charge in [-0.1, -0.05) is 0 Å². The maximum atomic E-state index is 12.1. The average Bonchev–Trinajstić information content (AvgIpc) is 2.97. The third-order valence-electron chi connectivity index (χ3n) is 2.65. The molecule has 0 atom stereocenters. The molecule has 0 saturated heterocycles. The van der Waals surface area contributed by atoms with Gasteiger partial charge in [-0.2, -0.15) is 5.10 Å². The predicted molar refractivity (Wildman–Crippen MR) is 69.3 cm³/mol. The minimum atomic E-state index is -0.214. The molecule has 0 saturated carbocycles. The largest absolute Gasteiger partial charge is 0.497 e. The predicted octanol–water partition coefficient (Wildman–Crippen LogP) is 1.36. The van der Waals surface area contributed by atoms with Crippen molar-refractivity contribution in [3.05, 3.63) is 41.7 Å². The van der Waals surface area contributed by atoms with Crippen LogP contribution in [0, 0.1) is 0 Å². The Hall–Kier alpha value is -2.50. The molecule has 0 aliphatic carbocycles. The molecule has 1 heterocycles. The highest BCUT2D eigenvalue weighted by molar-refractivity contribution is 5.97. The van der Waals surface area contributed by atoms with Crippen molar-refractivity contribution in [2.45, 2.75) is 6.54 Å². The van der Waals surface area contributed by atoms with Gasteiger partial charge < -0.3 is 14.8 Å². The van der Waals surface area contributed by atoms with Gasteiger partial charge in [-0.3, -0.25) is 9.89 Å². The smallest absolute Gasteiger partial charge is 0.255 e. The lowest BCUT2D eigenvalue weighted by Crippen LogP contribution is -2.23. The molecule has 0 radical (unpaired) electrons. The highest BCUT2D eigenvalue weighted by atomic mass is 16.5. The van der Waals surface area contributed by atoms with Gasteiger partial charge in [-0.15, -0.1) is 0 Å². The fraction of sp³-hybridized carbons (Fsp3) is 0.231. The topological polar surface area (TPSA) is 76.2 Å². The van der Waals surface area contributed by atoms with Crippen LogP contribution in [0.5, 0.6) is 11.5 Å². The Morgan fingerprint density at radius 2 is 2.16 bits per heavy atom. The number of rotatable bonds is 5. The number of hydrogen-bond donors (Lipinski definition) is 2. The minimum Gasteiger partial charge on any atom is -0.497 e. The number of H-pyrrole nitrogens is 1. The first-order valence-corrected chi connectivity index (χ1v) is 5.73. The van der Waals surface area contributed by atoms with Crippen molar-refractivity contribution in [3.8, 4) is 11.5 Å². The number of methoxy groups -OCH3 is 2. The number of carbonyl (C=O) groups is 1. The number of nitrogens with one attached hydrogen (secondary N) is 2. The number of aromatic nitrogens is 2. The van der Waals surface area contributed by atoms with Crippen molar-refractivity contribution in [3.63, 3.8) is 0 Å². The summed E-state index contributed by atoms with van der Waals surface area (Å²) >= 11 is 0. The van der Waals surface area contributed by atoms with Gasteiger partial charge >= 0.3 is 0 Å². The number of benzene rings is 1. The highest BCUT2D eigenvalue weighted by Gasteiger charge is 2.13. The molecule has 0 aliphatic heterocycles. The summed E-state index contributed by atoms with van der Waals surface area (Å²) in [4.78, 5) is 12.1. The van der Waals surface area contributed by atoms with Gasteiger partial charge in [-0.25, -0.2) is 0 Å². The summed E-state index contributed by atoms with van der Waals surface area (Å²) in [6, 6.07) is 6.85. The molecule has 2 N–H and O–H groups in total. The molecule has 0 fully saturated rings. The quantitative estimate of drug-likeness (QED) is 0.852. The van der Waals surface area contributed by atoms with Crippen LogP contribution in [0.4, 0.5) is 0 Å². The van der Waals surface area contributed by atoms with E-state index < -0.39 is 0 Å². The summed E-state index contributed by atoms with van der Waals surface area (Å²) in [5.74, 6) is 0.900. The van der Waals surface area contributed by atoms with Gasteiger partial charge in [0.05, 0.1) is 32.0 Å². The van der Waals surface area contributed by atoms with Crippen molar-refractivity contribution in [1.29, 1.82) is 0 Å². The number of amides is 1. The maximum Gasteiger partial charge on any atom is 0.255 e. The Balaban J connectivity index is 2.09. The van der Waals surface area contributed by atoms with Crippen LogP contribution in [0.2, 0.25) is 0 Å². The highest BCUT2D eigenvalue weighted by Crippen LogP contribution is 2.24. The zero-order valence-corrected chi connectivity index (χ0v) is 10.8. The third kappa shape index (κ3) is 3.04. The van der Waals surface area contributed by atoms with Gasteiger partial charge in [-0.05, 0) is 18.2 Å². The first-order valence-electron chi connectivity index (χ1n) is 5.73. The second kappa shape index (κ2) is 5.90. The van der Waals surface area contributed by atoms with Gasteiger partial charge in [0.15, 0.2) is 0 Å². The normalized spacial score (nSPS) is 10.0. The number of aromatic amines is 1. The van der Waals surface area contributed by atoms with Gasteiger partial charge in [0.25, 0.3) is 5.91 Å². The van der Waals surface area contributed by atoms with Crippen LogP contribution in [-0.4, -0.2) is 30.3 Å². The third-order valence-corrected chi connectivity index (χ3v) is 2.65. The summed E-state index contributed by atoms with van der Waals surface area (Å²) in [6.45, 7) is 0.383. The van der Waals surface area contributed by atoms with Gasteiger partial charge in [0.1, 0.15) is 11.5 Å². The van der Waals surface area contributed by atoms with Crippen LogP contribution >= 0.6 is 0 Å². The zero-order chi connectivity index (χ0) is 13.7. The summed E-state index contributed by atoms with van der Waals surface area (Å²) in [7, 11) is 3.08. The molecular formula is C13H15N3O3. The van der Waals surface area contributed by atoms with Crippen LogP contribution in [0.15, 0.2) is 30.5 Å². The van der Waals surface area contributed by atoms with E-state index in [9.17, 15) is 4.79 Å². The summed E-state index contributed by atoms with van der Waals surface area (Å²) in [5.41, 5.74) is 1.30. The maximum absolute atomic E-state index is 12.1. The van der Waals surface area contributed by atoms with E-state index in [-0.39, 0.29) is 5.91 Å². The molecule has 19 heavy (non-hydrogen) atoms. The lowest BCUT2D eigenvalue weighted by atomic mass is 10.1. The molecule has 2 aromatic rings. The Kier molecular flexibility index (Phi) is 4.02. The molecule has 0 aliphatic rings. The van der Waals surface area contributed by atoms with Crippen molar-refractivity contribution in [1.82, 2.24) is 15.5 Å². The molecule has 0 spiro atoms. The molecule has 0 unspecified atom stereocenters. The lowest BCUT2D eigenvalue weighted by Gasteiger charge is -2.10. The van der Waals surface area contributed by atoms with E-state index in [1.54, 1.807) is 37.6 Å². The Morgan fingerprint density at radius 1 is 1.32 bits per heavy atom. The molecule has 2 rings (SSSR count). The number of hydrogen-bond acceptors (Lipinski definition) is 4. The first kappa shape index (κ1) is 12.9. The second-order valence-electron chi connectivity index (χ2n) is 3.83. The summed E-state index contributed by atoms with van der Waals surface area (Å²) in [5, 5.41) is 9.37. The molecule has 0 bridgehead atoms. The minimum absolute atomic E-state index is 0.214. The molecule has 6 heteroatoms. The lowest BCUT2D eigenvalue weighted by molar-refractivity contribution is 0.0947. The van der Waals surface area contributed by atoms with E-state index in [1.807, 2.05) is 0 Å². The Bertz CT molecular complexity index is 552. The van der Waals surface area contributed by atoms with E-state index >= 15 is 0 Å². The molecule has 1 amide bonds. The molecular weight excluding hydrogens is 246 g/mol. The van der Waals surface area contributed by atoms with E-state index in [1.165, 1.54) is 7.11 Å². The summed E-state index contributed by atoms with van der Waals surface area (Å²) in [6.07, 6.45) is 1.63. The van der Waals surface area contributed by atoms with Crippen LogP contribution in [0.3, 0.4) is 0 Å². The standard InChI is InChI=1S/C13H15N3O3/c1-18-10-3-4-11(12(7-10)19-2)13(17)14-8-9-5-6-15-16-9/h3-7H,8H2,1-2H3,(H,14,17)(H,15,16). The Morgan fingerprint density at radius 3 is 2.79 bits per heavy atom. The SMILES string of the molecule is COc1ccc(C(=O)NCc2ccn[nH]2)c(OC)c1. The van der Waals surface area contributed by atoms with Crippen molar-refractivity contribution < 1.29 is 14.3 Å². The van der Waals surface area contributed by atoms with E-state index in [2.05, 4.69) is 15.5 Å². The Labute approximate surface area is 110 Å². The van der Waals surface area contributed by atoms with Gasteiger partial charge in [0.2, 0.25) is 0 Å². The molecule has 1 aromatic carbocycles. The van der Waals surface area contributed by atoms with Crippen LogP contribution < -0.4 is 14.8 Å². The molecule has 6 nitrogen and oxygen atoms in total. The molecule has 1 aromatic heterocycles. The fourth-order valence-electron chi connectivity index (χ4n) is 1.64. The second-order valence-corrected chi connectivity index (χ2v) is 3.83. The van der Waals surface area contributed by atoms with Crippen LogP contribution in [0.1, 0.15) is 16.1 Å².